The molecule has 0 amide bonds. The number of carboxylic acid groups (broad SMARTS) is 1. The lowest BCUT2D eigenvalue weighted by Gasteiger charge is -1.98. The maximum Gasteiger partial charge on any atom is 0.351 e. The normalized spacial score (nSPS) is 12.1. The highest BCUT2D eigenvalue weighted by Gasteiger charge is 2.03. The molecule has 0 radical (unpaired) electrons. The van der Waals surface area contributed by atoms with Crippen LogP contribution < -0.4 is 5.73 Å². The van der Waals surface area contributed by atoms with Crippen molar-refractivity contribution < 1.29 is 9.90 Å². The van der Waals surface area contributed by atoms with E-state index in [4.69, 9.17) is 10.8 Å². The number of nitrogens with two attached hydrogens (primary N) is 1. The van der Waals surface area contributed by atoms with Crippen LogP contribution in [0.1, 0.15) is 13.3 Å². The van der Waals surface area contributed by atoms with Gasteiger partial charge < -0.3 is 10.8 Å². The highest BCUT2D eigenvalue weighted by Crippen LogP contribution is 2.03. The van der Waals surface area contributed by atoms with Crippen LogP contribution in [0.3, 0.4) is 0 Å². The van der Waals surface area contributed by atoms with Crippen LogP contribution in [0.5, 0.6) is 0 Å². The topological polar surface area (TPSA) is 63.3 Å². The minimum Gasteiger partial charge on any atom is -0.477 e. The second-order valence-corrected chi connectivity index (χ2v) is 1.99. The fourth-order valence-electron chi connectivity index (χ4n) is 0.509. The van der Waals surface area contributed by atoms with Gasteiger partial charge in [-0.3, -0.25) is 0 Å². The summed E-state index contributed by atoms with van der Waals surface area (Å²) in [5.41, 5.74) is 5.74. The maximum atomic E-state index is 10.2. The van der Waals surface area contributed by atoms with E-state index in [1.54, 1.807) is 13.0 Å². The summed E-state index contributed by atoms with van der Waals surface area (Å²) in [7, 11) is 0. The Kier molecular flexibility index (Phi) is 3.25. The van der Waals surface area contributed by atoms with Crippen LogP contribution in [0, 0.1) is 0 Å². The SMILES string of the molecule is C=CC/C(C)=C(\N)C(=O)O. The molecule has 0 aliphatic carbocycles. The molecule has 0 saturated carbocycles. The van der Waals surface area contributed by atoms with Crippen molar-refractivity contribution in [2.75, 3.05) is 0 Å². The fraction of sp³-hybridized carbons (Fsp3) is 0.286. The summed E-state index contributed by atoms with van der Waals surface area (Å²) >= 11 is 0. The van der Waals surface area contributed by atoms with Crippen LogP contribution in [0.25, 0.3) is 0 Å². The minimum absolute atomic E-state index is 0.0834. The molecule has 0 aliphatic rings. The average Bonchev–Trinajstić information content (AvgIpc) is 1.87. The van der Waals surface area contributed by atoms with Gasteiger partial charge in [-0.05, 0) is 18.9 Å². The van der Waals surface area contributed by atoms with E-state index < -0.39 is 5.97 Å². The third-order valence-electron chi connectivity index (χ3n) is 1.14. The van der Waals surface area contributed by atoms with Crippen molar-refractivity contribution in [1.29, 1.82) is 0 Å². The van der Waals surface area contributed by atoms with Gasteiger partial charge in [0.05, 0.1) is 0 Å². The molecule has 3 nitrogen and oxygen atoms in total. The monoisotopic (exact) mass is 141 g/mol. The van der Waals surface area contributed by atoms with Crippen molar-refractivity contribution in [2.45, 2.75) is 13.3 Å². The Balaban J connectivity index is 4.33. The van der Waals surface area contributed by atoms with E-state index in [0.717, 1.165) is 0 Å². The summed E-state index contributed by atoms with van der Waals surface area (Å²) in [4.78, 5) is 10.2. The van der Waals surface area contributed by atoms with E-state index in [0.29, 0.717) is 12.0 Å². The van der Waals surface area contributed by atoms with Crippen LogP contribution in [0.4, 0.5) is 0 Å². The van der Waals surface area contributed by atoms with Gasteiger partial charge in [0, 0.05) is 0 Å². The molecule has 0 spiro atoms. The van der Waals surface area contributed by atoms with E-state index in [2.05, 4.69) is 6.58 Å². The first-order valence-corrected chi connectivity index (χ1v) is 2.89. The number of allylic oxidation sites excluding steroid dienone is 2. The Morgan fingerprint density at radius 3 is 2.60 bits per heavy atom. The summed E-state index contributed by atoms with van der Waals surface area (Å²) in [6.45, 7) is 5.13. The van der Waals surface area contributed by atoms with Gasteiger partial charge >= 0.3 is 5.97 Å². The van der Waals surface area contributed by atoms with Gasteiger partial charge in [-0.25, -0.2) is 4.79 Å². The van der Waals surface area contributed by atoms with Crippen molar-refractivity contribution >= 4 is 5.97 Å². The molecule has 56 valence electrons. The predicted molar refractivity (Wildman–Crippen MR) is 39.3 cm³/mol. The van der Waals surface area contributed by atoms with Gasteiger partial charge in [-0.1, -0.05) is 6.08 Å². The fourth-order valence-corrected chi connectivity index (χ4v) is 0.509. The molecule has 10 heavy (non-hydrogen) atoms. The summed E-state index contributed by atoms with van der Waals surface area (Å²) in [6, 6.07) is 0. The summed E-state index contributed by atoms with van der Waals surface area (Å²) < 4.78 is 0. The van der Waals surface area contributed by atoms with E-state index in [-0.39, 0.29) is 5.70 Å². The molecule has 0 atom stereocenters. The largest absolute Gasteiger partial charge is 0.477 e. The van der Waals surface area contributed by atoms with Gasteiger partial charge in [-0.2, -0.15) is 0 Å². The van der Waals surface area contributed by atoms with Crippen LogP contribution in [-0.4, -0.2) is 11.1 Å². The van der Waals surface area contributed by atoms with Gasteiger partial charge in [0.25, 0.3) is 0 Å². The van der Waals surface area contributed by atoms with E-state index in [9.17, 15) is 4.79 Å². The van der Waals surface area contributed by atoms with E-state index in [1.165, 1.54) is 0 Å². The molecule has 0 saturated heterocycles. The van der Waals surface area contributed by atoms with Gasteiger partial charge in [0.2, 0.25) is 0 Å². The quantitative estimate of drug-likeness (QED) is 0.453. The number of hydrogen-bond acceptors (Lipinski definition) is 2. The molecular formula is C7H11NO2. The maximum absolute atomic E-state index is 10.2. The van der Waals surface area contributed by atoms with Crippen LogP contribution in [0.15, 0.2) is 23.9 Å². The highest BCUT2D eigenvalue weighted by molar-refractivity contribution is 5.86. The van der Waals surface area contributed by atoms with Crippen LogP contribution >= 0.6 is 0 Å². The molecule has 0 heterocycles. The van der Waals surface area contributed by atoms with E-state index >= 15 is 0 Å². The lowest BCUT2D eigenvalue weighted by atomic mass is 10.2. The lowest BCUT2D eigenvalue weighted by molar-refractivity contribution is -0.132. The van der Waals surface area contributed by atoms with Gasteiger partial charge in [-0.15, -0.1) is 6.58 Å². The zero-order chi connectivity index (χ0) is 8.15. The molecule has 0 unspecified atom stereocenters. The number of aliphatic carboxylic acids is 1. The molecule has 0 aromatic rings. The van der Waals surface area contributed by atoms with Crippen molar-refractivity contribution in [3.05, 3.63) is 23.9 Å². The predicted octanol–water partition coefficient (Wildman–Crippen LogP) is 0.880. The summed E-state index contributed by atoms with van der Waals surface area (Å²) in [5.74, 6) is -1.07. The summed E-state index contributed by atoms with van der Waals surface area (Å²) in [5, 5.41) is 8.36. The van der Waals surface area contributed by atoms with Gasteiger partial charge in [0.1, 0.15) is 5.70 Å². The number of hydrogen-bond donors (Lipinski definition) is 2. The Hall–Kier alpha value is -1.25. The summed E-state index contributed by atoms with van der Waals surface area (Å²) in [6.07, 6.45) is 2.14. The first kappa shape index (κ1) is 8.75. The molecule has 0 aliphatic heterocycles. The Morgan fingerprint density at radius 1 is 1.80 bits per heavy atom. The second-order valence-electron chi connectivity index (χ2n) is 1.99. The van der Waals surface area contributed by atoms with Crippen LogP contribution in [0.2, 0.25) is 0 Å². The molecule has 3 N–H and O–H groups in total. The molecule has 0 aromatic heterocycles. The van der Waals surface area contributed by atoms with Crippen molar-refractivity contribution in [3.8, 4) is 0 Å². The average molecular weight is 141 g/mol. The Bertz CT molecular complexity index is 182. The third-order valence-corrected chi connectivity index (χ3v) is 1.14. The zero-order valence-corrected chi connectivity index (χ0v) is 5.92. The Morgan fingerprint density at radius 2 is 2.30 bits per heavy atom. The lowest BCUT2D eigenvalue weighted by Crippen LogP contribution is -2.12. The molecular weight excluding hydrogens is 130 g/mol. The standard InChI is InChI=1S/C7H11NO2/c1-3-4-5(2)6(8)7(9)10/h3H,1,4,8H2,2H3,(H,9,10)/b6-5-. The molecule has 0 fully saturated rings. The smallest absolute Gasteiger partial charge is 0.351 e. The number of carboxylic acids is 1. The Labute approximate surface area is 59.8 Å². The number of rotatable bonds is 3. The molecule has 3 heteroatoms. The minimum atomic E-state index is -1.07. The second kappa shape index (κ2) is 3.71. The molecule has 0 aromatic carbocycles. The first-order valence-electron chi connectivity index (χ1n) is 2.89. The number of carbonyl (C=O) groups is 1. The van der Waals surface area contributed by atoms with Crippen molar-refractivity contribution in [1.82, 2.24) is 0 Å². The zero-order valence-electron chi connectivity index (χ0n) is 5.92. The molecule has 0 bridgehead atoms. The molecule has 0 rings (SSSR count). The highest BCUT2D eigenvalue weighted by atomic mass is 16.4. The van der Waals surface area contributed by atoms with E-state index in [1.807, 2.05) is 0 Å². The van der Waals surface area contributed by atoms with Crippen molar-refractivity contribution in [3.63, 3.8) is 0 Å². The van der Waals surface area contributed by atoms with Crippen LogP contribution in [-0.2, 0) is 4.79 Å². The first-order chi connectivity index (χ1) is 4.59. The van der Waals surface area contributed by atoms with Gasteiger partial charge in [0.15, 0.2) is 0 Å². The van der Waals surface area contributed by atoms with Crippen molar-refractivity contribution in [2.24, 2.45) is 5.73 Å². The third kappa shape index (κ3) is 2.35.